The van der Waals surface area contributed by atoms with Crippen molar-refractivity contribution >= 4 is 17.8 Å². The highest BCUT2D eigenvalue weighted by atomic mass is 16.5. The number of aromatic nitrogens is 1. The van der Waals surface area contributed by atoms with Gasteiger partial charge in [0.1, 0.15) is 11.3 Å². The maximum absolute atomic E-state index is 11.9. The van der Waals surface area contributed by atoms with E-state index in [1.807, 2.05) is 18.2 Å². The Morgan fingerprint density at radius 3 is 2.70 bits per heavy atom. The lowest BCUT2D eigenvalue weighted by atomic mass is 10.2. The number of ether oxygens (including phenoxy) is 2. The van der Waals surface area contributed by atoms with Crippen molar-refractivity contribution in [1.29, 1.82) is 0 Å². The van der Waals surface area contributed by atoms with Crippen LogP contribution in [0.5, 0.6) is 5.75 Å². The Labute approximate surface area is 133 Å². The van der Waals surface area contributed by atoms with E-state index in [9.17, 15) is 9.59 Å². The van der Waals surface area contributed by atoms with Crippen molar-refractivity contribution in [1.82, 2.24) is 5.16 Å². The minimum absolute atomic E-state index is 0.00865. The van der Waals surface area contributed by atoms with Gasteiger partial charge in [-0.3, -0.25) is 10.1 Å². The van der Waals surface area contributed by atoms with Crippen molar-refractivity contribution in [2.45, 2.75) is 20.3 Å². The van der Waals surface area contributed by atoms with E-state index in [2.05, 4.69) is 10.5 Å². The average Bonchev–Trinajstić information content (AvgIpc) is 2.89. The van der Waals surface area contributed by atoms with Crippen LogP contribution in [0.4, 0.5) is 5.88 Å². The molecule has 7 nitrogen and oxygen atoms in total. The number of anilines is 1. The lowest BCUT2D eigenvalue weighted by molar-refractivity contribution is -0.116. The number of nitrogens with one attached hydrogen (secondary N) is 1. The van der Waals surface area contributed by atoms with Crippen LogP contribution in [0.3, 0.4) is 0 Å². The van der Waals surface area contributed by atoms with E-state index in [0.717, 1.165) is 0 Å². The minimum Gasteiger partial charge on any atom is -0.493 e. The Hall–Kier alpha value is -2.83. The van der Waals surface area contributed by atoms with Gasteiger partial charge < -0.3 is 14.0 Å². The second-order valence-corrected chi connectivity index (χ2v) is 4.65. The molecule has 2 aromatic rings. The van der Waals surface area contributed by atoms with E-state index in [1.165, 1.54) is 0 Å². The first-order chi connectivity index (χ1) is 11.1. The molecule has 0 spiro atoms. The molecule has 23 heavy (non-hydrogen) atoms. The molecule has 0 saturated carbocycles. The number of amides is 1. The van der Waals surface area contributed by atoms with Gasteiger partial charge in [0.25, 0.3) is 0 Å². The predicted octanol–water partition coefficient (Wildman–Crippen LogP) is 2.57. The van der Waals surface area contributed by atoms with E-state index in [4.69, 9.17) is 14.0 Å². The summed E-state index contributed by atoms with van der Waals surface area (Å²) in [5, 5.41) is 6.19. The van der Waals surface area contributed by atoms with Crippen LogP contribution in [0, 0.1) is 6.92 Å². The molecule has 0 radical (unpaired) electrons. The highest BCUT2D eigenvalue weighted by Crippen LogP contribution is 2.20. The molecule has 0 bridgehead atoms. The van der Waals surface area contributed by atoms with E-state index >= 15 is 0 Å². The second-order valence-electron chi connectivity index (χ2n) is 4.65. The van der Waals surface area contributed by atoms with Gasteiger partial charge in [-0.15, -0.1) is 0 Å². The normalized spacial score (nSPS) is 10.2. The number of esters is 1. The van der Waals surface area contributed by atoms with Crippen LogP contribution in [0.2, 0.25) is 0 Å². The number of carbonyl (C=O) groups excluding carboxylic acids is 2. The second kappa shape index (κ2) is 7.98. The fourth-order valence-corrected chi connectivity index (χ4v) is 1.87. The first-order valence-corrected chi connectivity index (χ1v) is 7.23. The number of aryl methyl sites for hydroxylation is 1. The highest BCUT2D eigenvalue weighted by molar-refractivity contribution is 6.00. The molecular weight excluding hydrogens is 300 g/mol. The molecule has 1 N–H and O–H groups in total. The number of para-hydroxylation sites is 1. The van der Waals surface area contributed by atoms with E-state index in [-0.39, 0.29) is 37.0 Å². The van der Waals surface area contributed by atoms with Crippen molar-refractivity contribution in [3.05, 3.63) is 41.6 Å². The Morgan fingerprint density at radius 1 is 1.26 bits per heavy atom. The third kappa shape index (κ3) is 4.57. The van der Waals surface area contributed by atoms with Gasteiger partial charge in [0.05, 0.1) is 25.3 Å². The third-order valence-corrected chi connectivity index (χ3v) is 2.94. The molecule has 1 amide bonds. The number of nitrogens with zero attached hydrogens (tertiary/aromatic N) is 1. The molecule has 0 aliphatic heterocycles. The molecule has 0 aliphatic carbocycles. The summed E-state index contributed by atoms with van der Waals surface area (Å²) in [6, 6.07) is 9.17. The summed E-state index contributed by atoms with van der Waals surface area (Å²) in [4.78, 5) is 23.7. The summed E-state index contributed by atoms with van der Waals surface area (Å²) in [6.07, 6.45) is 0.108. The standard InChI is InChI=1S/C16H18N2O5/c1-3-21-16(20)14-11(2)18-23-15(14)17-13(19)9-10-22-12-7-5-4-6-8-12/h4-8H,3,9-10H2,1-2H3,(H,17,19). The molecule has 1 aromatic heterocycles. The first kappa shape index (κ1) is 16.5. The molecule has 122 valence electrons. The van der Waals surface area contributed by atoms with Crippen LogP contribution in [0.1, 0.15) is 29.4 Å². The van der Waals surface area contributed by atoms with E-state index in [1.54, 1.807) is 26.0 Å². The van der Waals surface area contributed by atoms with E-state index in [0.29, 0.717) is 11.4 Å². The number of carbonyl (C=O) groups is 2. The fourth-order valence-electron chi connectivity index (χ4n) is 1.87. The summed E-state index contributed by atoms with van der Waals surface area (Å²) < 4.78 is 15.3. The largest absolute Gasteiger partial charge is 0.493 e. The maximum Gasteiger partial charge on any atom is 0.345 e. The number of benzene rings is 1. The van der Waals surface area contributed by atoms with Crippen molar-refractivity contribution in [2.24, 2.45) is 0 Å². The number of hydrogen-bond donors (Lipinski definition) is 1. The van der Waals surface area contributed by atoms with Crippen molar-refractivity contribution in [3.63, 3.8) is 0 Å². The smallest absolute Gasteiger partial charge is 0.345 e. The number of hydrogen-bond acceptors (Lipinski definition) is 6. The Morgan fingerprint density at radius 2 is 2.00 bits per heavy atom. The fraction of sp³-hybridized carbons (Fsp3) is 0.312. The summed E-state index contributed by atoms with van der Waals surface area (Å²) in [5.41, 5.74) is 0.489. The summed E-state index contributed by atoms with van der Waals surface area (Å²) >= 11 is 0. The van der Waals surface area contributed by atoms with Gasteiger partial charge in [0, 0.05) is 0 Å². The van der Waals surface area contributed by atoms with Crippen LogP contribution in [-0.4, -0.2) is 30.2 Å². The molecular formula is C16H18N2O5. The monoisotopic (exact) mass is 318 g/mol. The molecule has 7 heteroatoms. The maximum atomic E-state index is 11.9. The average molecular weight is 318 g/mol. The lowest BCUT2D eigenvalue weighted by Crippen LogP contribution is -2.17. The van der Waals surface area contributed by atoms with Crippen LogP contribution in [-0.2, 0) is 9.53 Å². The zero-order chi connectivity index (χ0) is 16.7. The molecule has 0 aliphatic rings. The zero-order valence-electron chi connectivity index (χ0n) is 13.0. The van der Waals surface area contributed by atoms with Crippen LogP contribution >= 0.6 is 0 Å². The Bertz CT molecular complexity index is 666. The molecule has 1 aromatic carbocycles. The van der Waals surface area contributed by atoms with Gasteiger partial charge in [-0.05, 0) is 26.0 Å². The molecule has 0 saturated heterocycles. The third-order valence-electron chi connectivity index (χ3n) is 2.94. The van der Waals surface area contributed by atoms with Crippen molar-refractivity contribution in [2.75, 3.05) is 18.5 Å². The quantitative estimate of drug-likeness (QED) is 0.789. The van der Waals surface area contributed by atoms with Gasteiger partial charge in [-0.1, -0.05) is 23.4 Å². The predicted molar refractivity (Wildman–Crippen MR) is 82.4 cm³/mol. The van der Waals surface area contributed by atoms with E-state index < -0.39 is 5.97 Å². The Kier molecular flexibility index (Phi) is 5.74. The summed E-state index contributed by atoms with van der Waals surface area (Å²) in [7, 11) is 0. The van der Waals surface area contributed by atoms with Crippen molar-refractivity contribution in [3.8, 4) is 5.75 Å². The molecule has 0 atom stereocenters. The SMILES string of the molecule is CCOC(=O)c1c(C)noc1NC(=O)CCOc1ccccc1. The molecule has 2 rings (SSSR count). The number of rotatable bonds is 7. The zero-order valence-corrected chi connectivity index (χ0v) is 13.0. The minimum atomic E-state index is -0.581. The molecule has 1 heterocycles. The molecule has 0 unspecified atom stereocenters. The highest BCUT2D eigenvalue weighted by Gasteiger charge is 2.23. The van der Waals surface area contributed by atoms with Gasteiger partial charge in [-0.2, -0.15) is 0 Å². The molecule has 0 fully saturated rings. The van der Waals surface area contributed by atoms with Crippen LogP contribution < -0.4 is 10.1 Å². The topological polar surface area (TPSA) is 90.7 Å². The lowest BCUT2D eigenvalue weighted by Gasteiger charge is -2.06. The van der Waals surface area contributed by atoms with Gasteiger partial charge in [-0.25, -0.2) is 4.79 Å². The summed E-state index contributed by atoms with van der Waals surface area (Å²) in [5.74, 6) is -0.251. The van der Waals surface area contributed by atoms with Crippen LogP contribution in [0.15, 0.2) is 34.9 Å². The van der Waals surface area contributed by atoms with Crippen molar-refractivity contribution < 1.29 is 23.6 Å². The van der Waals surface area contributed by atoms with Crippen LogP contribution in [0.25, 0.3) is 0 Å². The van der Waals surface area contributed by atoms with Gasteiger partial charge in [0.15, 0.2) is 0 Å². The van der Waals surface area contributed by atoms with Gasteiger partial charge >= 0.3 is 5.97 Å². The first-order valence-electron chi connectivity index (χ1n) is 7.23. The van der Waals surface area contributed by atoms with Gasteiger partial charge in [0.2, 0.25) is 11.8 Å². The summed E-state index contributed by atoms with van der Waals surface area (Å²) in [6.45, 7) is 3.73. The Balaban J connectivity index is 1.89.